The molecule has 1 aromatic heterocycles. The summed E-state index contributed by atoms with van der Waals surface area (Å²) in [5.74, 6) is -0.632. The van der Waals surface area contributed by atoms with Gasteiger partial charge in [0.15, 0.2) is 5.79 Å². The van der Waals surface area contributed by atoms with Crippen molar-refractivity contribution in [2.45, 2.75) is 38.3 Å². The van der Waals surface area contributed by atoms with Crippen LogP contribution in [0.3, 0.4) is 0 Å². The van der Waals surface area contributed by atoms with E-state index in [9.17, 15) is 5.21 Å². The zero-order valence-corrected chi connectivity index (χ0v) is 15.8. The summed E-state index contributed by atoms with van der Waals surface area (Å²) >= 11 is 1.69. The van der Waals surface area contributed by atoms with E-state index in [2.05, 4.69) is 18.2 Å². The smallest absolute Gasteiger partial charge is 0.163 e. The molecule has 2 aromatic carbocycles. The number of benzene rings is 2. The van der Waals surface area contributed by atoms with E-state index in [4.69, 9.17) is 9.47 Å². The summed E-state index contributed by atoms with van der Waals surface area (Å²) in [7, 11) is 0. The molecule has 0 radical (unpaired) electrons. The first-order chi connectivity index (χ1) is 12.5. The van der Waals surface area contributed by atoms with Gasteiger partial charge in [0.2, 0.25) is 0 Å². The summed E-state index contributed by atoms with van der Waals surface area (Å²) in [5, 5.41) is 13.5. The van der Waals surface area contributed by atoms with Gasteiger partial charge in [-0.05, 0) is 36.9 Å². The number of hydrogen-bond donors (Lipinski definition) is 1. The lowest BCUT2D eigenvalue weighted by Crippen LogP contribution is -2.36. The molecule has 1 aliphatic rings. The second-order valence-electron chi connectivity index (χ2n) is 7.08. The number of nitrogens with zero attached hydrogens (tertiary/aromatic N) is 1. The fourth-order valence-corrected chi connectivity index (χ4v) is 4.64. The number of ether oxygens (including phenoxy) is 2. The summed E-state index contributed by atoms with van der Waals surface area (Å²) < 4.78 is 13.1. The van der Waals surface area contributed by atoms with Crippen LogP contribution in [0.4, 0.5) is 0 Å². The van der Waals surface area contributed by atoms with Crippen molar-refractivity contribution in [3.63, 3.8) is 0 Å². The normalized spacial score (nSPS) is 20.7. The van der Waals surface area contributed by atoms with Gasteiger partial charge in [0, 0.05) is 16.1 Å². The van der Waals surface area contributed by atoms with Crippen molar-refractivity contribution in [2.75, 3.05) is 6.61 Å². The van der Waals surface area contributed by atoms with Gasteiger partial charge in [-0.1, -0.05) is 48.5 Å². The van der Waals surface area contributed by atoms with Crippen molar-refractivity contribution in [2.24, 2.45) is 0 Å². The molecule has 2 heterocycles. The van der Waals surface area contributed by atoms with Crippen LogP contribution in [0.15, 0.2) is 60.7 Å². The molecular weight excluding hydrogens is 346 g/mol. The van der Waals surface area contributed by atoms with Crippen molar-refractivity contribution in [1.82, 2.24) is 5.06 Å². The van der Waals surface area contributed by atoms with Crippen LogP contribution in [0.25, 0.3) is 10.1 Å². The van der Waals surface area contributed by atoms with Crippen LogP contribution in [0.1, 0.15) is 30.3 Å². The van der Waals surface area contributed by atoms with Gasteiger partial charge in [0.25, 0.3) is 0 Å². The van der Waals surface area contributed by atoms with E-state index in [-0.39, 0.29) is 12.1 Å². The minimum absolute atomic E-state index is 0.230. The molecule has 5 heteroatoms. The molecule has 4 nitrogen and oxygen atoms in total. The number of rotatable bonds is 5. The molecule has 26 heavy (non-hydrogen) atoms. The average Bonchev–Trinajstić information content (AvgIpc) is 3.19. The first-order valence-corrected chi connectivity index (χ1v) is 9.63. The number of hydroxylamine groups is 2. The Hall–Kier alpha value is -1.76. The van der Waals surface area contributed by atoms with Gasteiger partial charge in [0.05, 0.1) is 12.6 Å². The van der Waals surface area contributed by atoms with E-state index in [1.165, 1.54) is 15.1 Å². The highest BCUT2D eigenvalue weighted by molar-refractivity contribution is 7.19. The Kier molecular flexibility index (Phi) is 4.82. The van der Waals surface area contributed by atoms with Gasteiger partial charge < -0.3 is 14.7 Å². The van der Waals surface area contributed by atoms with Crippen LogP contribution < -0.4 is 0 Å². The molecule has 1 saturated heterocycles. The maximum atomic E-state index is 11.0. The monoisotopic (exact) mass is 369 g/mol. The van der Waals surface area contributed by atoms with Gasteiger partial charge in [0.1, 0.15) is 6.10 Å². The molecule has 136 valence electrons. The summed E-state index contributed by atoms with van der Waals surface area (Å²) in [6, 6.07) is 20.1. The van der Waals surface area contributed by atoms with Crippen LogP contribution in [-0.4, -0.2) is 28.8 Å². The molecule has 4 rings (SSSR count). The lowest BCUT2D eigenvalue weighted by atomic mass is 10.1. The van der Waals surface area contributed by atoms with Crippen molar-refractivity contribution >= 4 is 21.4 Å². The minimum atomic E-state index is -0.632. The van der Waals surface area contributed by atoms with Gasteiger partial charge in [-0.3, -0.25) is 0 Å². The Morgan fingerprint density at radius 2 is 1.88 bits per heavy atom. The van der Waals surface area contributed by atoms with Gasteiger partial charge >= 0.3 is 0 Å². The Labute approximate surface area is 157 Å². The Bertz CT molecular complexity index is 844. The summed E-state index contributed by atoms with van der Waals surface area (Å²) in [5.41, 5.74) is 1.05. The second-order valence-corrected chi connectivity index (χ2v) is 8.20. The molecule has 0 spiro atoms. The van der Waals surface area contributed by atoms with E-state index in [1.807, 2.05) is 56.3 Å². The SMILES string of the molecule is CC1(C)OC[C@H]([C@@H](c2cc3ccccc3s2)N(O)Cc2ccccc2)O1. The first kappa shape index (κ1) is 17.6. The zero-order valence-electron chi connectivity index (χ0n) is 15.0. The lowest BCUT2D eigenvalue weighted by molar-refractivity contribution is -0.190. The predicted molar refractivity (Wildman–Crippen MR) is 103 cm³/mol. The van der Waals surface area contributed by atoms with Gasteiger partial charge in [-0.25, -0.2) is 0 Å². The number of fused-ring (bicyclic) bond motifs is 1. The van der Waals surface area contributed by atoms with E-state index >= 15 is 0 Å². The van der Waals surface area contributed by atoms with Crippen LogP contribution in [-0.2, 0) is 16.0 Å². The van der Waals surface area contributed by atoms with Crippen molar-refractivity contribution in [3.05, 3.63) is 71.1 Å². The summed E-state index contributed by atoms with van der Waals surface area (Å²) in [6.07, 6.45) is -0.230. The average molecular weight is 369 g/mol. The molecule has 2 atom stereocenters. The van der Waals surface area contributed by atoms with E-state index in [1.54, 1.807) is 11.3 Å². The molecule has 3 aromatic rings. The third-order valence-corrected chi connectivity index (χ3v) is 5.81. The second kappa shape index (κ2) is 7.10. The highest BCUT2D eigenvalue weighted by Crippen LogP contribution is 2.39. The lowest BCUT2D eigenvalue weighted by Gasteiger charge is -2.30. The Balaban J connectivity index is 1.67. The fourth-order valence-electron chi connectivity index (χ4n) is 3.41. The Morgan fingerprint density at radius 1 is 1.15 bits per heavy atom. The van der Waals surface area contributed by atoms with Crippen LogP contribution >= 0.6 is 11.3 Å². The van der Waals surface area contributed by atoms with E-state index < -0.39 is 5.79 Å². The topological polar surface area (TPSA) is 41.9 Å². The fraction of sp³-hybridized carbons (Fsp3) is 0.333. The molecule has 0 amide bonds. The van der Waals surface area contributed by atoms with Crippen LogP contribution in [0, 0.1) is 0 Å². The molecule has 0 bridgehead atoms. The third kappa shape index (κ3) is 3.68. The van der Waals surface area contributed by atoms with E-state index in [0.717, 1.165) is 10.4 Å². The number of hydrogen-bond acceptors (Lipinski definition) is 5. The summed E-state index contributed by atoms with van der Waals surface area (Å²) in [6.45, 7) is 4.71. The largest absolute Gasteiger partial charge is 0.348 e. The van der Waals surface area contributed by atoms with Crippen molar-refractivity contribution < 1.29 is 14.7 Å². The molecule has 0 unspecified atom stereocenters. The van der Waals surface area contributed by atoms with Gasteiger partial charge in [-0.15, -0.1) is 11.3 Å². The highest BCUT2D eigenvalue weighted by Gasteiger charge is 2.41. The third-order valence-electron chi connectivity index (χ3n) is 4.63. The molecule has 1 N–H and O–H groups in total. The predicted octanol–water partition coefficient (Wildman–Crippen LogP) is 4.99. The van der Waals surface area contributed by atoms with Crippen molar-refractivity contribution in [1.29, 1.82) is 0 Å². The van der Waals surface area contributed by atoms with Crippen LogP contribution in [0.2, 0.25) is 0 Å². The minimum Gasteiger partial charge on any atom is -0.348 e. The highest BCUT2D eigenvalue weighted by atomic mass is 32.1. The van der Waals surface area contributed by atoms with Gasteiger partial charge in [-0.2, -0.15) is 5.06 Å². The molecule has 1 fully saturated rings. The first-order valence-electron chi connectivity index (χ1n) is 8.81. The molecular formula is C21H23NO3S. The quantitative estimate of drug-likeness (QED) is 0.644. The standard InChI is InChI=1S/C21H23NO3S/c1-21(2)24-14-17(25-21)20(22(23)13-15-8-4-3-5-9-15)19-12-16-10-6-7-11-18(16)26-19/h3-12,17,20,23H,13-14H2,1-2H3/t17-,20+/m1/s1. The Morgan fingerprint density at radius 3 is 2.58 bits per heavy atom. The number of thiophene rings is 1. The molecule has 0 saturated carbocycles. The van der Waals surface area contributed by atoms with E-state index in [0.29, 0.717) is 13.2 Å². The summed E-state index contributed by atoms with van der Waals surface area (Å²) in [4.78, 5) is 1.08. The maximum absolute atomic E-state index is 11.0. The maximum Gasteiger partial charge on any atom is 0.163 e. The van der Waals surface area contributed by atoms with Crippen molar-refractivity contribution in [3.8, 4) is 0 Å². The molecule has 0 aliphatic carbocycles. The zero-order chi connectivity index (χ0) is 18.1. The molecule has 1 aliphatic heterocycles. The van der Waals surface area contributed by atoms with Crippen LogP contribution in [0.5, 0.6) is 0 Å².